The molecule has 0 bridgehead atoms. The van der Waals surface area contributed by atoms with Gasteiger partial charge >= 0.3 is 0 Å². The second-order valence-electron chi connectivity index (χ2n) is 6.30. The molecule has 0 unspecified atom stereocenters. The highest BCUT2D eigenvalue weighted by molar-refractivity contribution is 6.06. The minimum absolute atomic E-state index is 0.195. The number of pyridine rings is 1. The van der Waals surface area contributed by atoms with Gasteiger partial charge in [-0.1, -0.05) is 0 Å². The van der Waals surface area contributed by atoms with Crippen LogP contribution in [0.15, 0.2) is 67.1 Å². The van der Waals surface area contributed by atoms with Crippen LogP contribution in [0.2, 0.25) is 0 Å². The minimum atomic E-state index is -0.195. The molecule has 2 aromatic carbocycles. The van der Waals surface area contributed by atoms with Crippen LogP contribution < -0.4 is 10.6 Å². The zero-order valence-corrected chi connectivity index (χ0v) is 14.6. The molecular formula is C20H15N7O. The van der Waals surface area contributed by atoms with E-state index in [2.05, 4.69) is 35.8 Å². The number of hydrogen-bond donors (Lipinski definition) is 4. The first-order valence-corrected chi connectivity index (χ1v) is 8.66. The van der Waals surface area contributed by atoms with Crippen LogP contribution in [0.3, 0.4) is 0 Å². The Morgan fingerprint density at radius 1 is 0.929 bits per heavy atom. The van der Waals surface area contributed by atoms with E-state index in [1.165, 1.54) is 0 Å². The van der Waals surface area contributed by atoms with Gasteiger partial charge < -0.3 is 15.6 Å². The van der Waals surface area contributed by atoms with Gasteiger partial charge in [-0.15, -0.1) is 0 Å². The van der Waals surface area contributed by atoms with Crippen LogP contribution in [-0.2, 0) is 0 Å². The molecule has 0 saturated heterocycles. The fourth-order valence-corrected chi connectivity index (χ4v) is 3.00. The normalized spacial score (nSPS) is 11.0. The number of aromatic amines is 2. The number of fused-ring (bicyclic) bond motifs is 2. The molecule has 0 spiro atoms. The summed E-state index contributed by atoms with van der Waals surface area (Å²) in [6, 6.07) is 14.7. The maximum absolute atomic E-state index is 12.6. The van der Waals surface area contributed by atoms with Gasteiger partial charge in [-0.3, -0.25) is 14.9 Å². The third-order valence-corrected chi connectivity index (χ3v) is 4.39. The largest absolute Gasteiger partial charge is 0.326 e. The fourth-order valence-electron chi connectivity index (χ4n) is 3.00. The average molecular weight is 369 g/mol. The molecule has 0 aliphatic heterocycles. The third-order valence-electron chi connectivity index (χ3n) is 4.39. The minimum Gasteiger partial charge on any atom is -0.326 e. The van der Waals surface area contributed by atoms with Crippen LogP contribution in [0.4, 0.5) is 17.3 Å². The van der Waals surface area contributed by atoms with Gasteiger partial charge in [0.25, 0.3) is 5.91 Å². The molecule has 5 aromatic rings. The number of aromatic nitrogens is 5. The maximum atomic E-state index is 12.6. The Kier molecular flexibility index (Phi) is 3.72. The molecule has 8 nitrogen and oxygen atoms in total. The second kappa shape index (κ2) is 6.51. The van der Waals surface area contributed by atoms with E-state index < -0.39 is 0 Å². The summed E-state index contributed by atoms with van der Waals surface area (Å²) in [4.78, 5) is 24.3. The smallest absolute Gasteiger partial charge is 0.255 e. The van der Waals surface area contributed by atoms with Crippen molar-refractivity contribution < 1.29 is 4.79 Å². The number of amides is 1. The zero-order valence-electron chi connectivity index (χ0n) is 14.6. The molecule has 0 radical (unpaired) electrons. The number of nitrogens with zero attached hydrogens (tertiary/aromatic N) is 3. The van der Waals surface area contributed by atoms with E-state index in [0.29, 0.717) is 17.2 Å². The molecule has 136 valence electrons. The van der Waals surface area contributed by atoms with Crippen molar-refractivity contribution in [3.8, 4) is 0 Å². The molecular weight excluding hydrogens is 354 g/mol. The van der Waals surface area contributed by atoms with Crippen LogP contribution in [0.5, 0.6) is 0 Å². The monoisotopic (exact) mass is 369 g/mol. The topological polar surface area (TPSA) is 111 Å². The predicted molar refractivity (Wildman–Crippen MR) is 108 cm³/mol. The van der Waals surface area contributed by atoms with Gasteiger partial charge in [-0.2, -0.15) is 5.10 Å². The van der Waals surface area contributed by atoms with Crippen molar-refractivity contribution in [1.82, 2.24) is 25.1 Å². The SMILES string of the molecule is O=C(Nc1ccc2cn[nH]c2c1)c1ccc2nc(Nc3ccncc3)[nH]c2c1. The summed E-state index contributed by atoms with van der Waals surface area (Å²) in [5.41, 5.74) is 4.53. The lowest BCUT2D eigenvalue weighted by Crippen LogP contribution is -2.11. The summed E-state index contributed by atoms with van der Waals surface area (Å²) in [5, 5.41) is 14.0. The number of hydrogen-bond acceptors (Lipinski definition) is 5. The van der Waals surface area contributed by atoms with Crippen molar-refractivity contribution in [1.29, 1.82) is 0 Å². The number of imidazole rings is 1. The van der Waals surface area contributed by atoms with Crippen molar-refractivity contribution in [2.24, 2.45) is 0 Å². The van der Waals surface area contributed by atoms with Crippen molar-refractivity contribution in [3.63, 3.8) is 0 Å². The van der Waals surface area contributed by atoms with E-state index in [4.69, 9.17) is 0 Å². The summed E-state index contributed by atoms with van der Waals surface area (Å²) in [6.07, 6.45) is 5.15. The van der Waals surface area contributed by atoms with Gasteiger partial charge in [-0.25, -0.2) is 4.98 Å². The molecule has 3 heterocycles. The Morgan fingerprint density at radius 3 is 2.71 bits per heavy atom. The van der Waals surface area contributed by atoms with Gasteiger partial charge in [0, 0.05) is 34.7 Å². The quantitative estimate of drug-likeness (QED) is 0.385. The Morgan fingerprint density at radius 2 is 1.82 bits per heavy atom. The zero-order chi connectivity index (χ0) is 18.9. The lowest BCUT2D eigenvalue weighted by molar-refractivity contribution is 0.102. The number of H-pyrrole nitrogens is 2. The second-order valence-corrected chi connectivity index (χ2v) is 6.30. The highest BCUT2D eigenvalue weighted by atomic mass is 16.1. The number of anilines is 3. The van der Waals surface area contributed by atoms with Crippen LogP contribution in [0.1, 0.15) is 10.4 Å². The Bertz CT molecular complexity index is 1290. The number of rotatable bonds is 4. The summed E-state index contributed by atoms with van der Waals surface area (Å²) < 4.78 is 0. The first-order valence-electron chi connectivity index (χ1n) is 8.66. The molecule has 5 rings (SSSR count). The van der Waals surface area contributed by atoms with Gasteiger partial charge in [-0.05, 0) is 48.5 Å². The van der Waals surface area contributed by atoms with Crippen molar-refractivity contribution in [2.45, 2.75) is 0 Å². The van der Waals surface area contributed by atoms with Gasteiger partial charge in [0.1, 0.15) is 0 Å². The number of benzene rings is 2. The molecule has 3 aromatic heterocycles. The van der Waals surface area contributed by atoms with Crippen molar-refractivity contribution in [2.75, 3.05) is 10.6 Å². The number of carbonyl (C=O) groups is 1. The van der Waals surface area contributed by atoms with E-state index in [9.17, 15) is 4.79 Å². The number of nitrogens with one attached hydrogen (secondary N) is 4. The van der Waals surface area contributed by atoms with E-state index in [0.717, 1.165) is 27.6 Å². The van der Waals surface area contributed by atoms with E-state index in [1.54, 1.807) is 30.7 Å². The molecule has 0 saturated carbocycles. The molecule has 0 fully saturated rings. The van der Waals surface area contributed by atoms with Crippen molar-refractivity contribution >= 4 is 45.2 Å². The fraction of sp³-hybridized carbons (Fsp3) is 0. The standard InChI is InChI=1S/C20H15N7O/c28-19(23-15-3-1-13-11-22-27-17(13)10-15)12-2-4-16-18(9-12)26-20(25-16)24-14-5-7-21-8-6-14/h1-11H,(H,22,27)(H,23,28)(H2,21,24,25,26). The molecule has 28 heavy (non-hydrogen) atoms. The highest BCUT2D eigenvalue weighted by Gasteiger charge is 2.10. The van der Waals surface area contributed by atoms with Gasteiger partial charge in [0.15, 0.2) is 0 Å². The summed E-state index contributed by atoms with van der Waals surface area (Å²) >= 11 is 0. The van der Waals surface area contributed by atoms with Crippen LogP contribution >= 0.6 is 0 Å². The van der Waals surface area contributed by atoms with E-state index >= 15 is 0 Å². The number of carbonyl (C=O) groups excluding carboxylic acids is 1. The lowest BCUT2D eigenvalue weighted by Gasteiger charge is -2.05. The van der Waals surface area contributed by atoms with Gasteiger partial charge in [0.05, 0.1) is 22.7 Å². The summed E-state index contributed by atoms with van der Waals surface area (Å²) in [6.45, 7) is 0. The van der Waals surface area contributed by atoms with Crippen LogP contribution in [0, 0.1) is 0 Å². The van der Waals surface area contributed by atoms with Crippen molar-refractivity contribution in [3.05, 3.63) is 72.7 Å². The third kappa shape index (κ3) is 3.03. The Labute approximate surface area is 159 Å². The lowest BCUT2D eigenvalue weighted by atomic mass is 10.1. The first kappa shape index (κ1) is 16.0. The van der Waals surface area contributed by atoms with E-state index in [-0.39, 0.29) is 5.91 Å². The Hall–Kier alpha value is -4.20. The van der Waals surface area contributed by atoms with E-state index in [1.807, 2.05) is 36.4 Å². The first-order chi connectivity index (χ1) is 13.7. The molecule has 8 heteroatoms. The molecule has 0 aliphatic rings. The summed E-state index contributed by atoms with van der Waals surface area (Å²) in [7, 11) is 0. The summed E-state index contributed by atoms with van der Waals surface area (Å²) in [5.74, 6) is 0.405. The van der Waals surface area contributed by atoms with Crippen LogP contribution in [-0.4, -0.2) is 31.1 Å². The molecule has 1 amide bonds. The average Bonchev–Trinajstić information content (AvgIpc) is 3.33. The molecule has 0 aliphatic carbocycles. The maximum Gasteiger partial charge on any atom is 0.255 e. The highest BCUT2D eigenvalue weighted by Crippen LogP contribution is 2.21. The van der Waals surface area contributed by atoms with Crippen LogP contribution in [0.25, 0.3) is 21.9 Å². The predicted octanol–water partition coefficient (Wildman–Crippen LogP) is 3.83. The molecule has 4 N–H and O–H groups in total. The molecule has 0 atom stereocenters. The van der Waals surface area contributed by atoms with Gasteiger partial charge in [0.2, 0.25) is 5.95 Å². The Balaban J connectivity index is 1.38.